The SMILES string of the molecule is CC(C)(C)c1nc(-c2ccccc2)cc(-c2ccc(F)cc2)c1C#CCO[P+](=O)C[C@H](CC(=O)O)O[Si](c1ccccc1)(c1ccccc1)C(C)(C)C. The second-order valence-corrected chi connectivity index (χ2v) is 20.5. The highest BCUT2D eigenvalue weighted by molar-refractivity contribution is 7.39. The summed E-state index contributed by atoms with van der Waals surface area (Å²) in [5.41, 5.74) is 4.31. The minimum atomic E-state index is -3.13. The Morgan fingerprint density at radius 1 is 0.830 bits per heavy atom. The summed E-state index contributed by atoms with van der Waals surface area (Å²) in [7, 11) is -5.48. The molecular weight excluding hydrogens is 701 g/mol. The van der Waals surface area contributed by atoms with E-state index in [4.69, 9.17) is 13.9 Å². The lowest BCUT2D eigenvalue weighted by molar-refractivity contribution is -0.138. The second kappa shape index (κ2) is 16.9. The molecule has 0 amide bonds. The van der Waals surface area contributed by atoms with E-state index >= 15 is 0 Å². The van der Waals surface area contributed by atoms with Crippen molar-refractivity contribution in [1.29, 1.82) is 0 Å². The molecule has 5 rings (SSSR count). The average Bonchev–Trinajstić information content (AvgIpc) is 3.12. The smallest absolute Gasteiger partial charge is 0.481 e. The third-order valence-electron chi connectivity index (χ3n) is 8.96. The maximum absolute atomic E-state index is 14.0. The number of aromatic nitrogens is 1. The number of nitrogens with zero attached hydrogens (tertiary/aromatic N) is 1. The highest BCUT2D eigenvalue weighted by atomic mass is 31.1. The zero-order valence-corrected chi connectivity index (χ0v) is 33.0. The number of aliphatic carboxylic acids is 1. The summed E-state index contributed by atoms with van der Waals surface area (Å²) < 4.78 is 40.4. The fourth-order valence-corrected chi connectivity index (χ4v) is 12.2. The van der Waals surface area contributed by atoms with Crippen LogP contribution in [0.5, 0.6) is 0 Å². The minimum absolute atomic E-state index is 0.116. The van der Waals surface area contributed by atoms with Crippen molar-refractivity contribution in [3.8, 4) is 34.2 Å². The van der Waals surface area contributed by atoms with Gasteiger partial charge in [0.2, 0.25) is 6.16 Å². The van der Waals surface area contributed by atoms with Crippen LogP contribution in [0.15, 0.2) is 121 Å². The first-order valence-corrected chi connectivity index (χ1v) is 20.9. The van der Waals surface area contributed by atoms with Crippen LogP contribution in [0.1, 0.15) is 59.2 Å². The van der Waals surface area contributed by atoms with Crippen LogP contribution in [-0.2, 0) is 23.7 Å². The first-order valence-electron chi connectivity index (χ1n) is 17.6. The van der Waals surface area contributed by atoms with E-state index in [2.05, 4.69) is 53.4 Å². The predicted octanol–water partition coefficient (Wildman–Crippen LogP) is 9.38. The van der Waals surface area contributed by atoms with Crippen LogP contribution in [0.4, 0.5) is 4.39 Å². The van der Waals surface area contributed by atoms with Crippen LogP contribution in [-0.4, -0.2) is 43.2 Å². The van der Waals surface area contributed by atoms with Gasteiger partial charge in [0.25, 0.3) is 8.32 Å². The normalized spacial score (nSPS) is 12.8. The number of carboxylic acids is 1. The Labute approximate surface area is 314 Å². The highest BCUT2D eigenvalue weighted by Crippen LogP contribution is 2.39. The van der Waals surface area contributed by atoms with Crippen molar-refractivity contribution >= 4 is 32.7 Å². The van der Waals surface area contributed by atoms with Gasteiger partial charge in [0.1, 0.15) is 11.9 Å². The molecule has 1 heterocycles. The molecule has 2 atom stereocenters. The number of halogens is 1. The van der Waals surface area contributed by atoms with Crippen molar-refractivity contribution in [3.05, 3.63) is 138 Å². The number of benzene rings is 4. The molecule has 6 nitrogen and oxygen atoms in total. The van der Waals surface area contributed by atoms with E-state index in [1.165, 1.54) is 12.1 Å². The molecule has 0 aliphatic carbocycles. The first kappa shape index (κ1) is 39.4. The molecule has 1 unspecified atom stereocenters. The minimum Gasteiger partial charge on any atom is -0.481 e. The maximum Gasteiger partial charge on any atom is 0.511 e. The van der Waals surface area contributed by atoms with Gasteiger partial charge in [-0.2, -0.15) is 0 Å². The molecule has 4 aromatic carbocycles. The van der Waals surface area contributed by atoms with Crippen LogP contribution in [0.25, 0.3) is 22.4 Å². The van der Waals surface area contributed by atoms with E-state index in [0.29, 0.717) is 5.56 Å². The third kappa shape index (κ3) is 9.62. The summed E-state index contributed by atoms with van der Waals surface area (Å²) in [5, 5.41) is 11.5. The van der Waals surface area contributed by atoms with Gasteiger partial charge >= 0.3 is 14.0 Å². The summed E-state index contributed by atoms with van der Waals surface area (Å²) >= 11 is 0. The molecule has 9 heteroatoms. The summed E-state index contributed by atoms with van der Waals surface area (Å²) in [6.07, 6.45) is -1.34. The quantitative estimate of drug-likeness (QED) is 0.0779. The first-order chi connectivity index (χ1) is 25.2. The zero-order chi connectivity index (χ0) is 38.2. The maximum atomic E-state index is 14.0. The Morgan fingerprint density at radius 3 is 1.89 bits per heavy atom. The van der Waals surface area contributed by atoms with Crippen LogP contribution in [0.2, 0.25) is 5.04 Å². The van der Waals surface area contributed by atoms with Crippen molar-refractivity contribution in [2.24, 2.45) is 0 Å². The summed E-state index contributed by atoms with van der Waals surface area (Å²) in [6.45, 7) is 12.3. The molecule has 53 heavy (non-hydrogen) atoms. The van der Waals surface area contributed by atoms with Gasteiger partial charge in [-0.15, -0.1) is 4.52 Å². The van der Waals surface area contributed by atoms with Crippen molar-refractivity contribution in [2.45, 2.75) is 64.5 Å². The topological polar surface area (TPSA) is 85.7 Å². The summed E-state index contributed by atoms with van der Waals surface area (Å²) in [6, 6.07) is 37.9. The monoisotopic (exact) mass is 746 g/mol. The molecule has 0 radical (unpaired) electrons. The largest absolute Gasteiger partial charge is 0.511 e. The third-order valence-corrected chi connectivity index (χ3v) is 15.2. The Hall–Kier alpha value is -4.77. The van der Waals surface area contributed by atoms with Gasteiger partial charge in [0.05, 0.1) is 23.4 Å². The lowest BCUT2D eigenvalue weighted by Gasteiger charge is -2.44. The summed E-state index contributed by atoms with van der Waals surface area (Å²) in [5.74, 6) is 4.90. The van der Waals surface area contributed by atoms with E-state index in [1.54, 1.807) is 12.1 Å². The van der Waals surface area contributed by atoms with Crippen molar-refractivity contribution in [1.82, 2.24) is 4.98 Å². The van der Waals surface area contributed by atoms with E-state index in [-0.39, 0.29) is 25.0 Å². The predicted molar refractivity (Wildman–Crippen MR) is 214 cm³/mol. The van der Waals surface area contributed by atoms with Gasteiger partial charge in [-0.1, -0.05) is 157 Å². The Bertz CT molecular complexity index is 2050. The Balaban J connectivity index is 1.45. The average molecular weight is 747 g/mol. The molecule has 1 N–H and O–H groups in total. The molecule has 0 saturated heterocycles. The molecule has 1 aromatic heterocycles. The van der Waals surface area contributed by atoms with Gasteiger partial charge in [0, 0.05) is 16.5 Å². The molecule has 5 aromatic rings. The Morgan fingerprint density at radius 2 is 1.38 bits per heavy atom. The van der Waals surface area contributed by atoms with E-state index < -0.39 is 38.9 Å². The van der Waals surface area contributed by atoms with Crippen molar-refractivity contribution in [3.63, 3.8) is 0 Å². The molecule has 0 aliphatic rings. The molecule has 0 fully saturated rings. The fraction of sp³-hybridized carbons (Fsp3) is 0.273. The second-order valence-electron chi connectivity index (χ2n) is 15.0. The number of carboxylic acid groups (broad SMARTS) is 1. The standard InChI is InChI=1S/C44H45FNO5PSi/c1-43(2,3)42-38(39(32-24-26-34(45)27-25-32)30-40(46-42)33-17-10-7-11-18-33)23-16-28-50-52(49)31-35(29-41(47)48)51-53(44(4,5)6,36-19-12-8-13-20-36)37-21-14-9-15-22-37/h7-15,17-22,24-27,30,35H,28-29,31H2,1-6H3/p+1/t35-/m0/s1. The van der Waals surface area contributed by atoms with Gasteiger partial charge in [-0.25, -0.2) is 4.39 Å². The van der Waals surface area contributed by atoms with Crippen LogP contribution < -0.4 is 10.4 Å². The highest BCUT2D eigenvalue weighted by Gasteiger charge is 2.52. The van der Waals surface area contributed by atoms with Gasteiger partial charge in [-0.3, -0.25) is 9.78 Å². The number of rotatable bonds is 12. The molecule has 0 saturated carbocycles. The number of carbonyl (C=O) groups is 1. The number of pyridine rings is 1. The van der Waals surface area contributed by atoms with Crippen LogP contribution in [0.3, 0.4) is 0 Å². The zero-order valence-electron chi connectivity index (χ0n) is 31.1. The summed E-state index contributed by atoms with van der Waals surface area (Å²) in [4.78, 5) is 17.2. The Kier molecular flexibility index (Phi) is 12.6. The lowest BCUT2D eigenvalue weighted by Crippen LogP contribution is -2.68. The molecular formula is C44H46FNO5PSi+. The fourth-order valence-electron chi connectivity index (χ4n) is 6.56. The molecule has 0 bridgehead atoms. The van der Waals surface area contributed by atoms with E-state index in [0.717, 1.165) is 38.5 Å². The van der Waals surface area contributed by atoms with Gasteiger partial charge in [0.15, 0.2) is 6.61 Å². The van der Waals surface area contributed by atoms with Gasteiger partial charge in [-0.05, 0) is 43.7 Å². The number of hydrogen-bond donors (Lipinski definition) is 1. The molecule has 0 spiro atoms. The van der Waals surface area contributed by atoms with E-state index in [9.17, 15) is 18.9 Å². The van der Waals surface area contributed by atoms with Crippen molar-refractivity contribution < 1.29 is 27.8 Å². The number of hydrogen-bond acceptors (Lipinski definition) is 5. The molecule has 0 aliphatic heterocycles. The van der Waals surface area contributed by atoms with Gasteiger partial charge < -0.3 is 9.53 Å². The van der Waals surface area contributed by atoms with Crippen molar-refractivity contribution in [2.75, 3.05) is 12.8 Å². The lowest BCUT2D eigenvalue weighted by atomic mass is 9.84. The van der Waals surface area contributed by atoms with Crippen LogP contribution in [0, 0.1) is 17.7 Å². The van der Waals surface area contributed by atoms with E-state index in [1.807, 2.05) is 97.1 Å². The van der Waals surface area contributed by atoms with Crippen LogP contribution >= 0.6 is 8.03 Å². The molecule has 272 valence electrons.